The second-order valence-electron chi connectivity index (χ2n) is 5.70. The zero-order chi connectivity index (χ0) is 13.3. The Morgan fingerprint density at radius 2 is 2.06 bits per heavy atom. The van der Waals surface area contributed by atoms with Crippen LogP contribution in [0.5, 0.6) is 0 Å². The number of amides is 2. The van der Waals surface area contributed by atoms with E-state index in [1.807, 2.05) is 18.7 Å². The molecule has 2 aliphatic rings. The lowest BCUT2D eigenvalue weighted by atomic mass is 9.79. The van der Waals surface area contributed by atoms with Gasteiger partial charge < -0.3 is 10.2 Å². The predicted molar refractivity (Wildman–Crippen MR) is 69.9 cm³/mol. The number of hydrogen-bond acceptors (Lipinski definition) is 2. The largest absolute Gasteiger partial charge is 0.343 e. The van der Waals surface area contributed by atoms with Crippen molar-refractivity contribution >= 4 is 11.8 Å². The molecule has 3 atom stereocenters. The first kappa shape index (κ1) is 13.4. The lowest BCUT2D eigenvalue weighted by Crippen LogP contribution is -2.65. The van der Waals surface area contributed by atoms with Gasteiger partial charge in [0.2, 0.25) is 11.8 Å². The first-order valence-electron chi connectivity index (χ1n) is 7.18. The molecule has 18 heavy (non-hydrogen) atoms. The normalized spacial score (nSPS) is 30.9. The summed E-state index contributed by atoms with van der Waals surface area (Å²) in [6.45, 7) is 5.97. The van der Waals surface area contributed by atoms with Crippen molar-refractivity contribution in [2.75, 3.05) is 0 Å². The first-order valence-corrected chi connectivity index (χ1v) is 7.18. The SMILES string of the molecule is CCCC1NC(=O)C(C)N(C(C)C2CCC2)C1=O. The number of nitrogens with one attached hydrogen (secondary N) is 1. The second-order valence-corrected chi connectivity index (χ2v) is 5.70. The molecule has 1 saturated carbocycles. The third-order valence-corrected chi connectivity index (χ3v) is 4.51. The van der Waals surface area contributed by atoms with Gasteiger partial charge >= 0.3 is 0 Å². The zero-order valence-corrected chi connectivity index (χ0v) is 11.6. The fourth-order valence-electron chi connectivity index (χ4n) is 3.04. The minimum atomic E-state index is -0.318. The van der Waals surface area contributed by atoms with Crippen LogP contribution in [0.2, 0.25) is 0 Å². The Balaban J connectivity index is 2.13. The Morgan fingerprint density at radius 3 is 2.56 bits per heavy atom. The molecule has 3 unspecified atom stereocenters. The van der Waals surface area contributed by atoms with Crippen molar-refractivity contribution in [3.8, 4) is 0 Å². The maximum atomic E-state index is 12.5. The lowest BCUT2D eigenvalue weighted by molar-refractivity contribution is -0.153. The fraction of sp³-hybridized carbons (Fsp3) is 0.857. The van der Waals surface area contributed by atoms with E-state index in [1.54, 1.807) is 0 Å². The molecule has 1 aliphatic carbocycles. The van der Waals surface area contributed by atoms with Gasteiger partial charge in [-0.05, 0) is 39.0 Å². The third-order valence-electron chi connectivity index (χ3n) is 4.51. The van der Waals surface area contributed by atoms with E-state index in [-0.39, 0.29) is 29.9 Å². The predicted octanol–water partition coefficient (Wildman–Crippen LogP) is 1.69. The van der Waals surface area contributed by atoms with Crippen LogP contribution in [0.3, 0.4) is 0 Å². The summed E-state index contributed by atoms with van der Waals surface area (Å²) in [7, 11) is 0. The average Bonchev–Trinajstić information content (AvgIpc) is 2.24. The molecule has 0 radical (unpaired) electrons. The van der Waals surface area contributed by atoms with Crippen LogP contribution in [0.4, 0.5) is 0 Å². The van der Waals surface area contributed by atoms with Crippen molar-refractivity contribution in [3.63, 3.8) is 0 Å². The standard InChI is InChI=1S/C14H24N2O2/c1-4-6-12-14(18)16(10(3)13(17)15-12)9(2)11-7-5-8-11/h9-12H,4-8H2,1-3H3,(H,15,17). The van der Waals surface area contributed by atoms with Crippen molar-refractivity contribution in [1.29, 1.82) is 0 Å². The highest BCUT2D eigenvalue weighted by atomic mass is 16.2. The molecule has 1 aliphatic heterocycles. The van der Waals surface area contributed by atoms with E-state index in [2.05, 4.69) is 12.2 Å². The van der Waals surface area contributed by atoms with Crippen molar-refractivity contribution in [2.24, 2.45) is 5.92 Å². The van der Waals surface area contributed by atoms with E-state index in [1.165, 1.54) is 19.3 Å². The molecule has 4 nitrogen and oxygen atoms in total. The van der Waals surface area contributed by atoms with Crippen LogP contribution in [0.1, 0.15) is 52.9 Å². The van der Waals surface area contributed by atoms with Crippen LogP contribution in [0.15, 0.2) is 0 Å². The number of nitrogens with zero attached hydrogens (tertiary/aromatic N) is 1. The number of carbonyl (C=O) groups excluding carboxylic acids is 2. The lowest BCUT2D eigenvalue weighted by Gasteiger charge is -2.45. The van der Waals surface area contributed by atoms with Crippen LogP contribution in [-0.4, -0.2) is 34.8 Å². The molecule has 102 valence electrons. The van der Waals surface area contributed by atoms with Crippen molar-refractivity contribution in [3.05, 3.63) is 0 Å². The van der Waals surface area contributed by atoms with Gasteiger partial charge in [-0.3, -0.25) is 9.59 Å². The monoisotopic (exact) mass is 252 g/mol. The quantitative estimate of drug-likeness (QED) is 0.827. The molecule has 0 aromatic carbocycles. The van der Waals surface area contributed by atoms with Crippen LogP contribution in [-0.2, 0) is 9.59 Å². The summed E-state index contributed by atoms with van der Waals surface area (Å²) >= 11 is 0. The maximum Gasteiger partial charge on any atom is 0.246 e. The van der Waals surface area contributed by atoms with Gasteiger partial charge in [-0.1, -0.05) is 19.8 Å². The Kier molecular flexibility index (Phi) is 3.93. The topological polar surface area (TPSA) is 49.4 Å². The molecular weight excluding hydrogens is 228 g/mol. The van der Waals surface area contributed by atoms with Gasteiger partial charge in [0.25, 0.3) is 0 Å². The highest BCUT2D eigenvalue weighted by Gasteiger charge is 2.42. The fourth-order valence-corrected chi connectivity index (χ4v) is 3.04. The highest BCUT2D eigenvalue weighted by Crippen LogP contribution is 2.34. The Hall–Kier alpha value is -1.06. The van der Waals surface area contributed by atoms with E-state index >= 15 is 0 Å². The third kappa shape index (κ3) is 2.25. The van der Waals surface area contributed by atoms with E-state index < -0.39 is 0 Å². The van der Waals surface area contributed by atoms with Crippen molar-refractivity contribution in [2.45, 2.75) is 71.0 Å². The summed E-state index contributed by atoms with van der Waals surface area (Å²) in [4.78, 5) is 26.3. The van der Waals surface area contributed by atoms with Gasteiger partial charge in [0.05, 0.1) is 0 Å². The smallest absolute Gasteiger partial charge is 0.246 e. The van der Waals surface area contributed by atoms with E-state index in [0.717, 1.165) is 12.8 Å². The molecule has 4 heteroatoms. The van der Waals surface area contributed by atoms with Gasteiger partial charge in [-0.2, -0.15) is 0 Å². The summed E-state index contributed by atoms with van der Waals surface area (Å²) in [5.74, 6) is 0.701. The molecule has 1 saturated heterocycles. The van der Waals surface area contributed by atoms with Crippen LogP contribution < -0.4 is 5.32 Å². The van der Waals surface area contributed by atoms with Gasteiger partial charge in [-0.25, -0.2) is 0 Å². The van der Waals surface area contributed by atoms with Crippen molar-refractivity contribution in [1.82, 2.24) is 10.2 Å². The molecular formula is C14H24N2O2. The van der Waals surface area contributed by atoms with Gasteiger partial charge in [0.1, 0.15) is 12.1 Å². The Bertz CT molecular complexity index is 339. The van der Waals surface area contributed by atoms with Crippen LogP contribution >= 0.6 is 0 Å². The zero-order valence-electron chi connectivity index (χ0n) is 11.6. The van der Waals surface area contributed by atoms with E-state index in [4.69, 9.17) is 0 Å². The summed E-state index contributed by atoms with van der Waals surface area (Å²) in [6, 6.07) is -0.422. The molecule has 2 rings (SSSR count). The van der Waals surface area contributed by atoms with Crippen LogP contribution in [0.25, 0.3) is 0 Å². The molecule has 0 aromatic heterocycles. The molecule has 1 heterocycles. The number of rotatable bonds is 4. The van der Waals surface area contributed by atoms with Crippen LogP contribution in [0, 0.1) is 5.92 Å². The Labute approximate surface area is 109 Å². The summed E-state index contributed by atoms with van der Waals surface area (Å²) in [5, 5.41) is 2.85. The molecule has 0 bridgehead atoms. The molecule has 0 aromatic rings. The molecule has 2 fully saturated rings. The summed E-state index contributed by atoms with van der Waals surface area (Å²) in [6.07, 6.45) is 5.30. The highest BCUT2D eigenvalue weighted by molar-refractivity contribution is 5.96. The van der Waals surface area contributed by atoms with Gasteiger partial charge in [0, 0.05) is 6.04 Å². The maximum absolute atomic E-state index is 12.5. The summed E-state index contributed by atoms with van der Waals surface area (Å²) < 4.78 is 0. The van der Waals surface area contributed by atoms with Gasteiger partial charge in [0.15, 0.2) is 0 Å². The molecule has 2 amide bonds. The second kappa shape index (κ2) is 5.29. The van der Waals surface area contributed by atoms with Gasteiger partial charge in [-0.15, -0.1) is 0 Å². The number of piperazine rings is 1. The number of hydrogen-bond donors (Lipinski definition) is 1. The minimum Gasteiger partial charge on any atom is -0.343 e. The minimum absolute atomic E-state index is 0.000719. The van der Waals surface area contributed by atoms with Crippen molar-refractivity contribution < 1.29 is 9.59 Å². The molecule has 0 spiro atoms. The number of carbonyl (C=O) groups is 2. The average molecular weight is 252 g/mol. The molecule has 1 N–H and O–H groups in total. The van der Waals surface area contributed by atoms with E-state index in [0.29, 0.717) is 5.92 Å². The Morgan fingerprint density at radius 1 is 1.39 bits per heavy atom. The first-order chi connectivity index (χ1) is 8.56. The summed E-state index contributed by atoms with van der Waals surface area (Å²) in [5.41, 5.74) is 0. The van der Waals surface area contributed by atoms with E-state index in [9.17, 15) is 9.59 Å².